The molecular formula is C14H14N4O2. The highest BCUT2D eigenvalue weighted by atomic mass is 16.2. The third-order valence-electron chi connectivity index (χ3n) is 3.30. The zero-order chi connectivity index (χ0) is 14.1. The predicted octanol–water partition coefficient (Wildman–Crippen LogP) is 0.672. The van der Waals surface area contributed by atoms with Gasteiger partial charge in [0.15, 0.2) is 0 Å². The van der Waals surface area contributed by atoms with Crippen LogP contribution in [0.4, 0.5) is 0 Å². The molecule has 0 fully saturated rings. The summed E-state index contributed by atoms with van der Waals surface area (Å²) in [4.78, 5) is 36.3. The zero-order valence-corrected chi connectivity index (χ0v) is 11.1. The summed E-state index contributed by atoms with van der Waals surface area (Å²) in [6.07, 6.45) is 2.25. The Balaban J connectivity index is 1.72. The minimum Gasteiger partial charge on any atom is -0.332 e. The van der Waals surface area contributed by atoms with Crippen LogP contribution in [-0.2, 0) is 13.0 Å². The third-order valence-corrected chi connectivity index (χ3v) is 3.30. The molecule has 0 aliphatic carbocycles. The molecule has 0 aromatic carbocycles. The molecule has 0 spiro atoms. The minimum absolute atomic E-state index is 0.00494. The van der Waals surface area contributed by atoms with Gasteiger partial charge in [-0.1, -0.05) is 0 Å². The van der Waals surface area contributed by atoms with Crippen molar-refractivity contribution in [1.82, 2.24) is 19.9 Å². The fourth-order valence-corrected chi connectivity index (χ4v) is 2.38. The van der Waals surface area contributed by atoms with Crippen LogP contribution in [0, 0.1) is 6.92 Å². The quantitative estimate of drug-likeness (QED) is 0.889. The molecule has 3 heterocycles. The van der Waals surface area contributed by atoms with Gasteiger partial charge in [0.25, 0.3) is 11.5 Å². The molecule has 6 heteroatoms. The molecule has 2 aromatic rings. The molecule has 0 atom stereocenters. The van der Waals surface area contributed by atoms with Gasteiger partial charge in [-0.15, -0.1) is 0 Å². The van der Waals surface area contributed by atoms with Crippen molar-refractivity contribution in [2.24, 2.45) is 0 Å². The van der Waals surface area contributed by atoms with Gasteiger partial charge in [-0.25, -0.2) is 4.98 Å². The van der Waals surface area contributed by atoms with E-state index in [0.717, 1.165) is 5.69 Å². The maximum absolute atomic E-state index is 12.1. The summed E-state index contributed by atoms with van der Waals surface area (Å²) in [6, 6.07) is 5.03. The summed E-state index contributed by atoms with van der Waals surface area (Å²) in [5.41, 5.74) is 2.02. The lowest BCUT2D eigenvalue weighted by atomic mass is 10.2. The van der Waals surface area contributed by atoms with Crippen molar-refractivity contribution < 1.29 is 4.79 Å². The lowest BCUT2D eigenvalue weighted by Gasteiger charge is -2.14. The topological polar surface area (TPSA) is 79.0 Å². The van der Waals surface area contributed by atoms with Crippen molar-refractivity contribution in [1.29, 1.82) is 0 Å². The van der Waals surface area contributed by atoms with E-state index >= 15 is 0 Å². The Bertz CT molecular complexity index is 723. The second kappa shape index (κ2) is 4.88. The number of aryl methyl sites for hydroxylation is 1. The van der Waals surface area contributed by atoms with Gasteiger partial charge in [0, 0.05) is 30.9 Å². The van der Waals surface area contributed by atoms with Gasteiger partial charge < -0.3 is 9.88 Å². The van der Waals surface area contributed by atoms with Crippen molar-refractivity contribution in [2.75, 3.05) is 6.54 Å². The van der Waals surface area contributed by atoms with Crippen LogP contribution in [0.15, 0.2) is 29.2 Å². The average molecular weight is 270 g/mol. The predicted molar refractivity (Wildman–Crippen MR) is 72.3 cm³/mol. The van der Waals surface area contributed by atoms with Crippen LogP contribution in [0.2, 0.25) is 0 Å². The molecule has 0 bridgehead atoms. The summed E-state index contributed by atoms with van der Waals surface area (Å²) in [6.45, 7) is 2.80. The number of nitrogens with zero attached hydrogens (tertiary/aromatic N) is 3. The van der Waals surface area contributed by atoms with E-state index in [1.807, 2.05) is 0 Å². The molecule has 1 aliphatic rings. The Hall–Kier alpha value is -2.50. The number of H-pyrrole nitrogens is 1. The molecule has 102 valence electrons. The molecule has 0 saturated heterocycles. The SMILES string of the molecule is Cc1nc(CCN2Cc3ncccc3C2=O)cc(=O)[nH]1. The molecule has 0 saturated carbocycles. The molecule has 0 radical (unpaired) electrons. The number of amides is 1. The van der Waals surface area contributed by atoms with E-state index in [-0.39, 0.29) is 11.5 Å². The van der Waals surface area contributed by atoms with Gasteiger partial charge in [0.05, 0.1) is 17.8 Å². The fourth-order valence-electron chi connectivity index (χ4n) is 2.38. The van der Waals surface area contributed by atoms with Crippen molar-refractivity contribution >= 4 is 5.91 Å². The Labute approximate surface area is 115 Å². The first-order valence-corrected chi connectivity index (χ1v) is 6.43. The highest BCUT2D eigenvalue weighted by molar-refractivity contribution is 5.97. The number of aromatic nitrogens is 3. The fraction of sp³-hybridized carbons (Fsp3) is 0.286. The van der Waals surface area contributed by atoms with Gasteiger partial charge in [-0.05, 0) is 19.1 Å². The average Bonchev–Trinajstić information content (AvgIpc) is 2.73. The zero-order valence-electron chi connectivity index (χ0n) is 11.1. The molecule has 3 rings (SSSR count). The molecule has 1 aliphatic heterocycles. The van der Waals surface area contributed by atoms with Gasteiger partial charge >= 0.3 is 0 Å². The number of carbonyl (C=O) groups is 1. The van der Waals surface area contributed by atoms with E-state index in [2.05, 4.69) is 15.0 Å². The van der Waals surface area contributed by atoms with Gasteiger partial charge in [-0.3, -0.25) is 14.6 Å². The monoisotopic (exact) mass is 270 g/mol. The number of pyridine rings is 1. The Morgan fingerprint density at radius 2 is 2.25 bits per heavy atom. The Morgan fingerprint density at radius 1 is 1.40 bits per heavy atom. The van der Waals surface area contributed by atoms with E-state index in [1.165, 1.54) is 6.07 Å². The number of hydrogen-bond acceptors (Lipinski definition) is 4. The first-order chi connectivity index (χ1) is 9.63. The van der Waals surface area contributed by atoms with Crippen LogP contribution in [0.3, 0.4) is 0 Å². The Kier molecular flexibility index (Phi) is 3.06. The largest absolute Gasteiger partial charge is 0.332 e. The van der Waals surface area contributed by atoms with Crippen molar-refractivity contribution in [3.05, 3.63) is 57.5 Å². The second-order valence-corrected chi connectivity index (χ2v) is 4.80. The molecule has 1 N–H and O–H groups in total. The summed E-state index contributed by atoms with van der Waals surface area (Å²) < 4.78 is 0. The van der Waals surface area contributed by atoms with E-state index in [4.69, 9.17) is 0 Å². The standard InChI is InChI=1S/C14H14N4O2/c1-9-16-10(7-13(19)17-9)4-6-18-8-12-11(14(18)20)3-2-5-15-12/h2-3,5,7H,4,6,8H2,1H3,(H,16,17,19). The first kappa shape index (κ1) is 12.5. The third kappa shape index (κ3) is 2.32. The lowest BCUT2D eigenvalue weighted by Crippen LogP contribution is -2.27. The van der Waals surface area contributed by atoms with Crippen molar-refractivity contribution in [2.45, 2.75) is 19.9 Å². The Morgan fingerprint density at radius 3 is 3.00 bits per heavy atom. The van der Waals surface area contributed by atoms with Crippen molar-refractivity contribution in [3.63, 3.8) is 0 Å². The maximum Gasteiger partial charge on any atom is 0.256 e. The molecule has 1 amide bonds. The first-order valence-electron chi connectivity index (χ1n) is 6.43. The van der Waals surface area contributed by atoms with Crippen LogP contribution in [-0.4, -0.2) is 32.3 Å². The molecule has 6 nitrogen and oxygen atoms in total. The van der Waals surface area contributed by atoms with Gasteiger partial charge in [0.2, 0.25) is 0 Å². The lowest BCUT2D eigenvalue weighted by molar-refractivity contribution is 0.0779. The molecule has 2 aromatic heterocycles. The molecular weight excluding hydrogens is 256 g/mol. The van der Waals surface area contributed by atoms with Crippen LogP contribution in [0.1, 0.15) is 27.6 Å². The van der Waals surface area contributed by atoms with E-state index in [9.17, 15) is 9.59 Å². The van der Waals surface area contributed by atoms with Crippen LogP contribution in [0.5, 0.6) is 0 Å². The number of fused-ring (bicyclic) bond motifs is 1. The van der Waals surface area contributed by atoms with Crippen LogP contribution in [0.25, 0.3) is 0 Å². The summed E-state index contributed by atoms with van der Waals surface area (Å²) in [5.74, 6) is 0.583. The van der Waals surface area contributed by atoms with E-state index in [1.54, 1.807) is 30.2 Å². The van der Waals surface area contributed by atoms with Crippen LogP contribution < -0.4 is 5.56 Å². The highest BCUT2D eigenvalue weighted by Gasteiger charge is 2.27. The van der Waals surface area contributed by atoms with E-state index < -0.39 is 0 Å². The summed E-state index contributed by atoms with van der Waals surface area (Å²) in [5, 5.41) is 0. The van der Waals surface area contributed by atoms with Gasteiger partial charge in [0.1, 0.15) is 5.82 Å². The number of carbonyl (C=O) groups excluding carboxylic acids is 1. The van der Waals surface area contributed by atoms with E-state index in [0.29, 0.717) is 36.6 Å². The van der Waals surface area contributed by atoms with Crippen LogP contribution >= 0.6 is 0 Å². The maximum atomic E-state index is 12.1. The minimum atomic E-state index is -0.162. The highest BCUT2D eigenvalue weighted by Crippen LogP contribution is 2.20. The summed E-state index contributed by atoms with van der Waals surface area (Å²) >= 11 is 0. The molecule has 20 heavy (non-hydrogen) atoms. The smallest absolute Gasteiger partial charge is 0.256 e. The normalized spacial score (nSPS) is 13.7. The number of nitrogens with one attached hydrogen (secondary N) is 1. The number of aromatic amines is 1. The van der Waals surface area contributed by atoms with Crippen molar-refractivity contribution in [3.8, 4) is 0 Å². The summed E-state index contributed by atoms with van der Waals surface area (Å²) in [7, 11) is 0. The number of hydrogen-bond donors (Lipinski definition) is 1. The van der Waals surface area contributed by atoms with Gasteiger partial charge in [-0.2, -0.15) is 0 Å². The molecule has 0 unspecified atom stereocenters. The number of rotatable bonds is 3. The second-order valence-electron chi connectivity index (χ2n) is 4.80.